The second kappa shape index (κ2) is 7.41. The van der Waals surface area contributed by atoms with Gasteiger partial charge in [-0.15, -0.1) is 0 Å². The van der Waals surface area contributed by atoms with Gasteiger partial charge in [0.15, 0.2) is 17.3 Å². The number of imidazole rings is 1. The summed E-state index contributed by atoms with van der Waals surface area (Å²) in [5.41, 5.74) is 12.7. The van der Waals surface area contributed by atoms with Gasteiger partial charge in [0.2, 0.25) is 0 Å². The van der Waals surface area contributed by atoms with E-state index in [1.54, 1.807) is 20.2 Å². The molecule has 2 aromatic heterocycles. The molecule has 1 unspecified atom stereocenters. The number of aromatic nitrogens is 4. The summed E-state index contributed by atoms with van der Waals surface area (Å²) in [6.07, 6.45) is 2.46. The lowest BCUT2D eigenvalue weighted by atomic mass is 10.1. The third-order valence-electron chi connectivity index (χ3n) is 4.40. The van der Waals surface area contributed by atoms with Crippen LogP contribution in [0.5, 0.6) is 0 Å². The first-order valence-electron chi connectivity index (χ1n) is 8.63. The van der Waals surface area contributed by atoms with Gasteiger partial charge in [0, 0.05) is 19.6 Å². The zero-order valence-electron chi connectivity index (χ0n) is 15.4. The van der Waals surface area contributed by atoms with Crippen molar-refractivity contribution in [3.8, 4) is 0 Å². The zero-order chi connectivity index (χ0) is 18.9. The van der Waals surface area contributed by atoms with E-state index in [0.717, 1.165) is 6.54 Å². The molecule has 0 spiro atoms. The van der Waals surface area contributed by atoms with Crippen LogP contribution >= 0.6 is 0 Å². The highest BCUT2D eigenvalue weighted by atomic mass is 16.6. The molecule has 10 nitrogen and oxygen atoms in total. The van der Waals surface area contributed by atoms with Gasteiger partial charge in [-0.1, -0.05) is 0 Å². The number of rotatable bonds is 7. The summed E-state index contributed by atoms with van der Waals surface area (Å²) in [4.78, 5) is 14.7. The summed E-state index contributed by atoms with van der Waals surface area (Å²) in [7, 11) is 1.98. The summed E-state index contributed by atoms with van der Waals surface area (Å²) in [5.74, 6) is -0.974. The van der Waals surface area contributed by atoms with Crippen molar-refractivity contribution in [3.05, 3.63) is 12.7 Å². The summed E-state index contributed by atoms with van der Waals surface area (Å²) in [6, 6.07) is -0.197. The summed E-state index contributed by atoms with van der Waals surface area (Å²) in [6.45, 7) is 5.57. The fourth-order valence-electron chi connectivity index (χ4n) is 3.27. The highest BCUT2D eigenvalue weighted by molar-refractivity contribution is 5.81. The van der Waals surface area contributed by atoms with Gasteiger partial charge in [-0.05, 0) is 20.9 Å². The summed E-state index contributed by atoms with van der Waals surface area (Å²) < 4.78 is 13.8. The Bertz CT molecular complexity index is 745. The number of nitrogen functional groups attached to an aromatic ring is 1. The molecule has 2 aromatic rings. The fourth-order valence-corrected chi connectivity index (χ4v) is 3.27. The highest BCUT2D eigenvalue weighted by Gasteiger charge is 2.43. The van der Waals surface area contributed by atoms with Crippen LogP contribution in [0.15, 0.2) is 12.7 Å². The van der Waals surface area contributed by atoms with Gasteiger partial charge in [0.1, 0.15) is 17.9 Å². The van der Waals surface area contributed by atoms with Crippen LogP contribution in [0.2, 0.25) is 0 Å². The summed E-state index contributed by atoms with van der Waals surface area (Å²) >= 11 is 0. The van der Waals surface area contributed by atoms with E-state index in [1.165, 1.54) is 6.33 Å². The average Bonchev–Trinajstić information content (AvgIpc) is 3.12. The van der Waals surface area contributed by atoms with Crippen LogP contribution in [-0.2, 0) is 9.47 Å². The molecule has 3 atom stereocenters. The molecule has 10 heteroatoms. The Labute approximate surface area is 152 Å². The Kier molecular flexibility index (Phi) is 5.39. The molecular weight excluding hydrogens is 338 g/mol. The normalized spacial score (nSPS) is 24.0. The first-order chi connectivity index (χ1) is 12.3. The SMILES string of the molecule is CN(CCN)C[C@H]1OCC(n2cnc3c(N)ncnc32)[C@@H]1OC(C)(C)O. The van der Waals surface area contributed by atoms with Crippen molar-refractivity contribution in [2.75, 3.05) is 39.0 Å². The van der Waals surface area contributed by atoms with Crippen molar-refractivity contribution in [3.63, 3.8) is 0 Å². The van der Waals surface area contributed by atoms with E-state index in [1.807, 2.05) is 11.6 Å². The number of anilines is 1. The van der Waals surface area contributed by atoms with E-state index in [-0.39, 0.29) is 18.2 Å². The molecule has 1 aliphatic heterocycles. The maximum absolute atomic E-state index is 10.2. The average molecular weight is 365 g/mol. The first-order valence-corrected chi connectivity index (χ1v) is 8.63. The third-order valence-corrected chi connectivity index (χ3v) is 4.40. The lowest BCUT2D eigenvalue weighted by Gasteiger charge is -2.31. The van der Waals surface area contributed by atoms with Gasteiger partial charge >= 0.3 is 0 Å². The number of nitrogens with two attached hydrogens (primary N) is 2. The molecule has 0 bridgehead atoms. The van der Waals surface area contributed by atoms with E-state index < -0.39 is 5.79 Å². The van der Waals surface area contributed by atoms with Crippen LogP contribution in [0.4, 0.5) is 5.82 Å². The molecule has 5 N–H and O–H groups in total. The van der Waals surface area contributed by atoms with Gasteiger partial charge in [-0.3, -0.25) is 0 Å². The Balaban J connectivity index is 1.90. The minimum absolute atomic E-state index is 0.197. The maximum Gasteiger partial charge on any atom is 0.165 e. The smallest absolute Gasteiger partial charge is 0.165 e. The van der Waals surface area contributed by atoms with Crippen molar-refractivity contribution in [1.29, 1.82) is 0 Å². The first kappa shape index (κ1) is 18.9. The third kappa shape index (κ3) is 3.94. The van der Waals surface area contributed by atoms with Gasteiger partial charge in [-0.2, -0.15) is 0 Å². The van der Waals surface area contributed by atoms with Crippen molar-refractivity contribution >= 4 is 17.0 Å². The maximum atomic E-state index is 10.2. The topological polar surface area (TPSA) is 138 Å². The van der Waals surface area contributed by atoms with Crippen molar-refractivity contribution in [2.24, 2.45) is 5.73 Å². The second-order valence-corrected chi connectivity index (χ2v) is 7.10. The van der Waals surface area contributed by atoms with Crippen molar-refractivity contribution in [1.82, 2.24) is 24.4 Å². The molecule has 3 rings (SSSR count). The van der Waals surface area contributed by atoms with E-state index in [2.05, 4.69) is 19.9 Å². The van der Waals surface area contributed by atoms with Crippen LogP contribution in [-0.4, -0.2) is 80.8 Å². The standard InChI is InChI=1S/C16H27N7O3/c1-16(2,24)26-13-10(7-25-11(13)6-22(3)5-4-17)23-9-21-12-14(18)19-8-20-15(12)23/h8-11,13,24H,4-7,17H2,1-3H3,(H2,18,19,20)/t10?,11-,13+/m1/s1. The lowest BCUT2D eigenvalue weighted by molar-refractivity contribution is -0.220. The molecule has 1 aliphatic rings. The molecule has 0 aliphatic carbocycles. The Morgan fingerprint density at radius 1 is 1.42 bits per heavy atom. The van der Waals surface area contributed by atoms with Crippen LogP contribution in [0, 0.1) is 0 Å². The second-order valence-electron chi connectivity index (χ2n) is 7.10. The number of aliphatic hydroxyl groups is 1. The molecule has 1 fully saturated rings. The summed E-state index contributed by atoms with van der Waals surface area (Å²) in [5, 5.41) is 10.2. The molecule has 0 amide bonds. The van der Waals surface area contributed by atoms with Gasteiger partial charge in [0.05, 0.1) is 25.1 Å². The van der Waals surface area contributed by atoms with E-state index in [9.17, 15) is 5.11 Å². The Morgan fingerprint density at radius 2 is 2.19 bits per heavy atom. The number of hydrogen-bond acceptors (Lipinski definition) is 9. The molecular formula is C16H27N7O3. The van der Waals surface area contributed by atoms with Crippen LogP contribution < -0.4 is 11.5 Å². The zero-order valence-corrected chi connectivity index (χ0v) is 15.4. The quantitative estimate of drug-likeness (QED) is 0.547. The molecule has 26 heavy (non-hydrogen) atoms. The van der Waals surface area contributed by atoms with Crippen LogP contribution in [0.1, 0.15) is 19.9 Å². The minimum atomic E-state index is -1.30. The van der Waals surface area contributed by atoms with Gasteiger partial charge in [0.25, 0.3) is 0 Å². The van der Waals surface area contributed by atoms with Crippen LogP contribution in [0.25, 0.3) is 11.2 Å². The number of nitrogens with zero attached hydrogens (tertiary/aromatic N) is 5. The molecule has 0 aromatic carbocycles. The fraction of sp³-hybridized carbons (Fsp3) is 0.688. The predicted molar refractivity (Wildman–Crippen MR) is 96.2 cm³/mol. The van der Waals surface area contributed by atoms with Crippen LogP contribution in [0.3, 0.4) is 0 Å². The largest absolute Gasteiger partial charge is 0.382 e. The molecule has 3 heterocycles. The lowest BCUT2D eigenvalue weighted by Crippen LogP contribution is -2.44. The van der Waals surface area contributed by atoms with E-state index >= 15 is 0 Å². The Morgan fingerprint density at radius 3 is 2.88 bits per heavy atom. The minimum Gasteiger partial charge on any atom is -0.382 e. The molecule has 1 saturated heterocycles. The van der Waals surface area contributed by atoms with Crippen molar-refractivity contribution in [2.45, 2.75) is 37.9 Å². The molecule has 0 radical (unpaired) electrons. The van der Waals surface area contributed by atoms with Gasteiger partial charge in [-0.25, -0.2) is 15.0 Å². The highest BCUT2D eigenvalue weighted by Crippen LogP contribution is 2.33. The monoisotopic (exact) mass is 365 g/mol. The van der Waals surface area contributed by atoms with Crippen molar-refractivity contribution < 1.29 is 14.6 Å². The number of likely N-dealkylation sites (N-methyl/N-ethyl adjacent to an activating group) is 1. The number of fused-ring (bicyclic) bond motifs is 1. The van der Waals surface area contributed by atoms with E-state index in [4.69, 9.17) is 20.9 Å². The predicted octanol–water partition coefficient (Wildman–Crippen LogP) is -0.647. The molecule has 144 valence electrons. The number of ether oxygens (including phenoxy) is 2. The van der Waals surface area contributed by atoms with Gasteiger partial charge < -0.3 is 35.5 Å². The van der Waals surface area contributed by atoms with E-state index in [0.29, 0.717) is 36.7 Å². The number of hydrogen-bond donors (Lipinski definition) is 3. The Hall–Kier alpha value is -1.85. The molecule has 0 saturated carbocycles.